The lowest BCUT2D eigenvalue weighted by Crippen LogP contribution is -2.44. The van der Waals surface area contributed by atoms with Crippen molar-refractivity contribution in [1.82, 2.24) is 9.99 Å². The first-order valence-corrected chi connectivity index (χ1v) is 11.9. The molecule has 3 aromatic rings. The van der Waals surface area contributed by atoms with Gasteiger partial charge in [-0.15, -0.1) is 0 Å². The minimum atomic E-state index is -0.273. The number of amides is 1. The number of nitrogens with zero attached hydrogens (tertiary/aromatic N) is 3. The Bertz CT molecular complexity index is 1300. The number of anilines is 1. The van der Waals surface area contributed by atoms with Crippen LogP contribution >= 0.6 is 11.6 Å². The molecule has 5 nitrogen and oxygen atoms in total. The highest BCUT2D eigenvalue weighted by Gasteiger charge is 2.30. The molecule has 0 atom stereocenters. The van der Waals surface area contributed by atoms with Gasteiger partial charge in [0, 0.05) is 46.0 Å². The first kappa shape index (κ1) is 23.8. The molecular formula is C28H31ClN4O. The highest BCUT2D eigenvalue weighted by Crippen LogP contribution is 2.40. The zero-order valence-corrected chi connectivity index (χ0v) is 21.4. The van der Waals surface area contributed by atoms with Crippen molar-refractivity contribution in [2.45, 2.75) is 47.1 Å². The van der Waals surface area contributed by atoms with Crippen LogP contribution in [-0.4, -0.2) is 28.8 Å². The molecule has 1 aliphatic rings. The number of benzene rings is 2. The first-order valence-electron chi connectivity index (χ1n) is 11.5. The second kappa shape index (κ2) is 9.15. The van der Waals surface area contributed by atoms with Gasteiger partial charge in [-0.25, -0.2) is 5.43 Å². The fourth-order valence-corrected chi connectivity index (χ4v) is 5.09. The maximum absolute atomic E-state index is 12.8. The van der Waals surface area contributed by atoms with Gasteiger partial charge in [0.1, 0.15) is 0 Å². The number of hydrazone groups is 1. The molecule has 0 unspecified atom stereocenters. The molecule has 2 heterocycles. The van der Waals surface area contributed by atoms with Gasteiger partial charge in [0.05, 0.1) is 16.8 Å². The Morgan fingerprint density at radius 2 is 1.79 bits per heavy atom. The molecule has 1 aliphatic heterocycles. The second-order valence-electron chi connectivity index (χ2n) is 9.32. The smallest absolute Gasteiger partial charge is 0.271 e. The van der Waals surface area contributed by atoms with E-state index >= 15 is 0 Å². The van der Waals surface area contributed by atoms with Crippen LogP contribution in [0.25, 0.3) is 11.3 Å². The Morgan fingerprint density at radius 3 is 2.47 bits per heavy atom. The van der Waals surface area contributed by atoms with Gasteiger partial charge in [-0.05, 0) is 89.6 Å². The summed E-state index contributed by atoms with van der Waals surface area (Å²) in [5.41, 5.74) is 10.5. The number of aryl methyl sites for hydroxylation is 2. The van der Waals surface area contributed by atoms with E-state index in [4.69, 9.17) is 11.6 Å². The van der Waals surface area contributed by atoms with Crippen LogP contribution in [0.3, 0.4) is 0 Å². The summed E-state index contributed by atoms with van der Waals surface area (Å²) in [5, 5.41) is 4.80. The van der Waals surface area contributed by atoms with E-state index in [0.717, 1.165) is 40.4 Å². The third-order valence-electron chi connectivity index (χ3n) is 6.42. The summed E-state index contributed by atoms with van der Waals surface area (Å²) in [7, 11) is 0. The molecule has 2 aromatic carbocycles. The Morgan fingerprint density at radius 1 is 1.09 bits per heavy atom. The van der Waals surface area contributed by atoms with E-state index in [0.29, 0.717) is 10.6 Å². The van der Waals surface area contributed by atoms with Crippen molar-refractivity contribution in [2.24, 2.45) is 5.10 Å². The zero-order chi connectivity index (χ0) is 24.6. The summed E-state index contributed by atoms with van der Waals surface area (Å²) < 4.78 is 2.11. The maximum Gasteiger partial charge on any atom is 0.271 e. The van der Waals surface area contributed by atoms with E-state index < -0.39 is 0 Å². The van der Waals surface area contributed by atoms with Crippen LogP contribution in [-0.2, 0) is 0 Å². The largest absolute Gasteiger partial charge is 0.363 e. The summed E-state index contributed by atoms with van der Waals surface area (Å²) >= 11 is 6.61. The number of carbonyl (C=O) groups is 1. The summed E-state index contributed by atoms with van der Waals surface area (Å²) in [5.74, 6) is -0.273. The maximum atomic E-state index is 12.8. The van der Waals surface area contributed by atoms with Crippen molar-refractivity contribution in [1.29, 1.82) is 0 Å². The number of rotatable bonds is 5. The van der Waals surface area contributed by atoms with Gasteiger partial charge >= 0.3 is 0 Å². The highest BCUT2D eigenvalue weighted by molar-refractivity contribution is 6.33. The van der Waals surface area contributed by atoms with E-state index in [9.17, 15) is 4.79 Å². The molecular weight excluding hydrogens is 444 g/mol. The third kappa shape index (κ3) is 4.40. The summed E-state index contributed by atoms with van der Waals surface area (Å²) in [6, 6.07) is 15.7. The molecule has 0 bridgehead atoms. The fraction of sp³-hybridized carbons (Fsp3) is 0.286. The number of hydrogen-bond donors (Lipinski definition) is 1. The summed E-state index contributed by atoms with van der Waals surface area (Å²) in [4.78, 5) is 15.1. The van der Waals surface area contributed by atoms with Crippen LogP contribution in [0.5, 0.6) is 0 Å². The predicted octanol–water partition coefficient (Wildman–Crippen LogP) is 6.53. The molecule has 0 saturated carbocycles. The standard InChI is InChI=1S/C28H31ClN4O/c1-7-32-26-15-25(29)22(14-24(26)18(2)16-28(32,5)6)17-30-31-27(34)21-9-8-10-23(13-21)33-19(3)11-12-20(33)4/h8-17H,7H2,1-6H3,(H,31,34)/b30-17-. The number of carbonyl (C=O) groups excluding carboxylic acids is 1. The van der Waals surface area contributed by atoms with Crippen LogP contribution < -0.4 is 10.3 Å². The monoisotopic (exact) mass is 474 g/mol. The normalized spacial score (nSPS) is 14.8. The highest BCUT2D eigenvalue weighted by atomic mass is 35.5. The van der Waals surface area contributed by atoms with Crippen LogP contribution in [0.1, 0.15) is 60.6 Å². The number of halogens is 1. The SMILES string of the molecule is CCN1c2cc(Cl)c(/C=N\NC(=O)c3cccc(-n4c(C)ccc4C)c3)cc2C(C)=CC1(C)C. The molecule has 0 saturated heterocycles. The van der Waals surface area contributed by atoms with Gasteiger partial charge in [-0.2, -0.15) is 5.10 Å². The van der Waals surface area contributed by atoms with Crippen LogP contribution in [0.15, 0.2) is 59.7 Å². The topological polar surface area (TPSA) is 49.6 Å². The molecule has 0 spiro atoms. The molecule has 0 fully saturated rings. The first-order chi connectivity index (χ1) is 16.1. The van der Waals surface area contributed by atoms with Crippen molar-refractivity contribution >= 4 is 35.0 Å². The molecule has 0 radical (unpaired) electrons. The van der Waals surface area contributed by atoms with Gasteiger partial charge < -0.3 is 9.47 Å². The van der Waals surface area contributed by atoms with Crippen molar-refractivity contribution in [3.8, 4) is 5.69 Å². The lowest BCUT2D eigenvalue weighted by Gasteiger charge is -2.43. The Kier molecular flexibility index (Phi) is 6.41. The number of aromatic nitrogens is 1. The summed E-state index contributed by atoms with van der Waals surface area (Å²) in [6.07, 6.45) is 3.88. The summed E-state index contributed by atoms with van der Waals surface area (Å²) in [6.45, 7) is 13.6. The third-order valence-corrected chi connectivity index (χ3v) is 6.75. The minimum absolute atomic E-state index is 0.0784. The fourth-order valence-electron chi connectivity index (χ4n) is 4.88. The Balaban J connectivity index is 1.55. The molecule has 1 aromatic heterocycles. The minimum Gasteiger partial charge on any atom is -0.363 e. The van der Waals surface area contributed by atoms with E-state index in [1.807, 2.05) is 44.2 Å². The molecule has 34 heavy (non-hydrogen) atoms. The second-order valence-corrected chi connectivity index (χ2v) is 9.72. The average Bonchev–Trinajstić information content (AvgIpc) is 3.12. The molecule has 6 heteroatoms. The van der Waals surface area contributed by atoms with Crippen molar-refractivity contribution in [3.63, 3.8) is 0 Å². The number of nitrogens with one attached hydrogen (secondary N) is 1. The molecule has 4 rings (SSSR count). The van der Waals surface area contributed by atoms with Crippen LogP contribution in [0, 0.1) is 13.8 Å². The average molecular weight is 475 g/mol. The van der Waals surface area contributed by atoms with E-state index in [2.05, 4.69) is 65.9 Å². The zero-order valence-electron chi connectivity index (χ0n) is 20.6. The predicted molar refractivity (Wildman–Crippen MR) is 143 cm³/mol. The lowest BCUT2D eigenvalue weighted by molar-refractivity contribution is 0.0955. The quantitative estimate of drug-likeness (QED) is 0.337. The Hall–Kier alpha value is -3.31. The number of hydrogen-bond acceptors (Lipinski definition) is 3. The number of fused-ring (bicyclic) bond motifs is 1. The molecule has 176 valence electrons. The van der Waals surface area contributed by atoms with Crippen molar-refractivity contribution in [2.75, 3.05) is 11.4 Å². The van der Waals surface area contributed by atoms with Gasteiger partial charge in [-0.3, -0.25) is 4.79 Å². The van der Waals surface area contributed by atoms with Gasteiger partial charge in [-0.1, -0.05) is 23.7 Å². The van der Waals surface area contributed by atoms with E-state index in [1.165, 1.54) is 5.57 Å². The lowest BCUT2D eigenvalue weighted by atomic mass is 9.88. The van der Waals surface area contributed by atoms with Crippen molar-refractivity contribution in [3.05, 3.63) is 87.7 Å². The van der Waals surface area contributed by atoms with Crippen LogP contribution in [0.2, 0.25) is 5.02 Å². The van der Waals surface area contributed by atoms with Gasteiger partial charge in [0.2, 0.25) is 0 Å². The molecule has 1 N–H and O–H groups in total. The van der Waals surface area contributed by atoms with Gasteiger partial charge in [0.15, 0.2) is 0 Å². The van der Waals surface area contributed by atoms with Gasteiger partial charge in [0.25, 0.3) is 5.91 Å². The van der Waals surface area contributed by atoms with Crippen LogP contribution in [0.4, 0.5) is 5.69 Å². The Labute approximate surface area is 206 Å². The van der Waals surface area contributed by atoms with E-state index in [1.54, 1.807) is 12.3 Å². The van der Waals surface area contributed by atoms with E-state index in [-0.39, 0.29) is 11.4 Å². The van der Waals surface area contributed by atoms with Crippen molar-refractivity contribution < 1.29 is 4.79 Å². The number of likely N-dealkylation sites (N-methyl/N-ethyl adjacent to an activating group) is 1. The number of allylic oxidation sites excluding steroid dienone is 1. The molecule has 0 aliphatic carbocycles. The molecule has 1 amide bonds.